The molecule has 5 heteroatoms. The van der Waals surface area contributed by atoms with Gasteiger partial charge in [0.25, 0.3) is 0 Å². The lowest BCUT2D eigenvalue weighted by molar-refractivity contribution is 0.498. The quantitative estimate of drug-likeness (QED) is 0.887. The predicted molar refractivity (Wildman–Crippen MR) is 77.9 cm³/mol. The van der Waals surface area contributed by atoms with Gasteiger partial charge in [-0.1, -0.05) is 6.92 Å². The molecule has 2 aromatic rings. The van der Waals surface area contributed by atoms with Gasteiger partial charge in [0.1, 0.15) is 11.6 Å². The Morgan fingerprint density at radius 2 is 2.00 bits per heavy atom. The first-order valence-corrected chi connectivity index (χ1v) is 7.06. The topological polar surface area (TPSA) is 37.8 Å². The van der Waals surface area contributed by atoms with Crippen LogP contribution in [0.4, 0.5) is 8.78 Å². The van der Waals surface area contributed by atoms with Crippen molar-refractivity contribution < 1.29 is 8.78 Å². The molecule has 0 aliphatic carbocycles. The second-order valence-corrected chi connectivity index (χ2v) is 5.03. The summed E-state index contributed by atoms with van der Waals surface area (Å²) >= 11 is 0. The first kappa shape index (κ1) is 15.5. The maximum atomic E-state index is 13.8. The summed E-state index contributed by atoms with van der Waals surface area (Å²) in [5.41, 5.74) is 1.90. The van der Waals surface area contributed by atoms with Crippen molar-refractivity contribution in [3.63, 3.8) is 0 Å². The molecule has 0 fully saturated rings. The van der Waals surface area contributed by atoms with Gasteiger partial charge in [0.05, 0.1) is 23.6 Å². The van der Waals surface area contributed by atoms with Crippen LogP contribution in [0.5, 0.6) is 0 Å². The highest BCUT2D eigenvalue weighted by molar-refractivity contribution is 5.21. The second-order valence-electron chi connectivity index (χ2n) is 5.03. The Labute approximate surface area is 123 Å². The highest BCUT2D eigenvalue weighted by atomic mass is 19.1. The van der Waals surface area contributed by atoms with Crippen LogP contribution in [-0.4, -0.2) is 16.5 Å². The molecule has 1 aromatic carbocycles. The lowest BCUT2D eigenvalue weighted by Gasteiger charge is -2.18. The maximum Gasteiger partial charge on any atom is 0.126 e. The van der Waals surface area contributed by atoms with Gasteiger partial charge < -0.3 is 5.32 Å². The van der Waals surface area contributed by atoms with E-state index in [1.165, 1.54) is 6.07 Å². The van der Waals surface area contributed by atoms with E-state index >= 15 is 0 Å². The van der Waals surface area contributed by atoms with E-state index in [0.29, 0.717) is 12.0 Å². The fourth-order valence-corrected chi connectivity index (χ4v) is 2.10. The zero-order valence-corrected chi connectivity index (χ0v) is 12.2. The summed E-state index contributed by atoms with van der Waals surface area (Å²) in [6.45, 7) is 4.68. The Morgan fingerprint density at radius 1 is 1.19 bits per heavy atom. The van der Waals surface area contributed by atoms with E-state index in [2.05, 4.69) is 15.3 Å². The lowest BCUT2D eigenvalue weighted by Crippen LogP contribution is -2.25. The van der Waals surface area contributed by atoms with E-state index in [4.69, 9.17) is 0 Å². The van der Waals surface area contributed by atoms with Gasteiger partial charge >= 0.3 is 0 Å². The van der Waals surface area contributed by atoms with Gasteiger partial charge in [-0.2, -0.15) is 0 Å². The van der Waals surface area contributed by atoms with Crippen LogP contribution in [0.3, 0.4) is 0 Å². The van der Waals surface area contributed by atoms with E-state index in [-0.39, 0.29) is 6.04 Å². The Balaban J connectivity index is 2.23. The van der Waals surface area contributed by atoms with Crippen LogP contribution in [0.2, 0.25) is 0 Å². The zero-order chi connectivity index (χ0) is 15.2. The molecular weight excluding hydrogens is 272 g/mol. The third-order valence-electron chi connectivity index (χ3n) is 3.23. The summed E-state index contributed by atoms with van der Waals surface area (Å²) in [4.78, 5) is 8.56. The van der Waals surface area contributed by atoms with Gasteiger partial charge in [-0.25, -0.2) is 8.78 Å². The highest BCUT2D eigenvalue weighted by Gasteiger charge is 2.16. The Hall–Kier alpha value is -1.88. The smallest absolute Gasteiger partial charge is 0.126 e. The van der Waals surface area contributed by atoms with Crippen molar-refractivity contribution in [1.82, 2.24) is 15.3 Å². The number of benzene rings is 1. The summed E-state index contributed by atoms with van der Waals surface area (Å²) in [7, 11) is 0. The van der Waals surface area contributed by atoms with Crippen molar-refractivity contribution in [3.8, 4) is 0 Å². The largest absolute Gasteiger partial charge is 0.308 e. The van der Waals surface area contributed by atoms with Gasteiger partial charge in [0.2, 0.25) is 0 Å². The average Bonchev–Trinajstić information content (AvgIpc) is 2.48. The van der Waals surface area contributed by atoms with Crippen LogP contribution in [0.15, 0.2) is 30.6 Å². The molecule has 1 atom stereocenters. The summed E-state index contributed by atoms with van der Waals surface area (Å²) in [5.74, 6) is -0.838. The number of halogens is 2. The van der Waals surface area contributed by atoms with Gasteiger partial charge in [-0.3, -0.25) is 9.97 Å². The monoisotopic (exact) mass is 291 g/mol. The Morgan fingerprint density at radius 3 is 2.67 bits per heavy atom. The summed E-state index contributed by atoms with van der Waals surface area (Å²) < 4.78 is 27.1. The second kappa shape index (κ2) is 7.22. The molecule has 21 heavy (non-hydrogen) atoms. The molecule has 1 N–H and O–H groups in total. The van der Waals surface area contributed by atoms with Crippen LogP contribution in [0.1, 0.15) is 36.3 Å². The van der Waals surface area contributed by atoms with Crippen molar-refractivity contribution in [2.24, 2.45) is 0 Å². The molecule has 3 nitrogen and oxygen atoms in total. The predicted octanol–water partition coefficient (Wildman–Crippen LogP) is 3.35. The van der Waals surface area contributed by atoms with E-state index < -0.39 is 11.6 Å². The minimum absolute atomic E-state index is 0.186. The molecule has 0 aliphatic rings. The van der Waals surface area contributed by atoms with E-state index in [1.807, 2.05) is 13.8 Å². The molecule has 1 heterocycles. The highest BCUT2D eigenvalue weighted by Crippen LogP contribution is 2.19. The summed E-state index contributed by atoms with van der Waals surface area (Å²) in [5, 5.41) is 3.31. The van der Waals surface area contributed by atoms with Crippen LogP contribution in [0.25, 0.3) is 0 Å². The molecule has 0 bridgehead atoms. The maximum absolute atomic E-state index is 13.8. The molecule has 1 aromatic heterocycles. The Bertz CT molecular complexity index is 585. The number of nitrogens with one attached hydrogen (secondary N) is 1. The Kier molecular flexibility index (Phi) is 5.33. The van der Waals surface area contributed by atoms with Crippen LogP contribution >= 0.6 is 0 Å². The number of aryl methyl sites for hydroxylation is 1. The minimum atomic E-state index is -0.435. The molecular formula is C16H19F2N3. The SMILES string of the molecule is CCCNC(Cc1cc(F)ccc1F)c1cnc(C)cn1. The normalized spacial score (nSPS) is 12.4. The zero-order valence-electron chi connectivity index (χ0n) is 12.2. The molecule has 0 saturated carbocycles. The molecule has 0 saturated heterocycles. The number of nitrogens with zero attached hydrogens (tertiary/aromatic N) is 2. The fourth-order valence-electron chi connectivity index (χ4n) is 2.10. The number of aromatic nitrogens is 2. The van der Waals surface area contributed by atoms with Crippen molar-refractivity contribution in [3.05, 3.63) is 59.2 Å². The van der Waals surface area contributed by atoms with Crippen molar-refractivity contribution in [2.75, 3.05) is 6.54 Å². The van der Waals surface area contributed by atoms with Crippen molar-refractivity contribution in [1.29, 1.82) is 0 Å². The molecule has 112 valence electrons. The summed E-state index contributed by atoms with van der Waals surface area (Å²) in [6, 6.07) is 3.33. The van der Waals surface area contributed by atoms with E-state index in [9.17, 15) is 8.78 Å². The van der Waals surface area contributed by atoms with Crippen LogP contribution in [0, 0.1) is 18.6 Å². The first-order chi connectivity index (χ1) is 10.1. The minimum Gasteiger partial charge on any atom is -0.308 e. The first-order valence-electron chi connectivity index (χ1n) is 7.06. The fraction of sp³-hybridized carbons (Fsp3) is 0.375. The van der Waals surface area contributed by atoms with Gasteiger partial charge in [0, 0.05) is 6.20 Å². The molecule has 0 radical (unpaired) electrons. The number of rotatable bonds is 6. The average molecular weight is 291 g/mol. The van der Waals surface area contributed by atoms with Gasteiger partial charge in [-0.15, -0.1) is 0 Å². The van der Waals surface area contributed by atoms with E-state index in [0.717, 1.165) is 36.5 Å². The molecule has 0 aliphatic heterocycles. The van der Waals surface area contributed by atoms with E-state index in [1.54, 1.807) is 12.4 Å². The molecule has 1 unspecified atom stereocenters. The van der Waals surface area contributed by atoms with Gasteiger partial charge in [0.15, 0.2) is 0 Å². The summed E-state index contributed by atoms with van der Waals surface area (Å²) in [6.07, 6.45) is 4.64. The molecule has 0 spiro atoms. The van der Waals surface area contributed by atoms with Crippen LogP contribution in [-0.2, 0) is 6.42 Å². The number of hydrogen-bond acceptors (Lipinski definition) is 3. The standard InChI is InChI=1S/C16H19F2N3/c1-3-6-19-15(16-10-20-11(2)9-21-16)8-12-7-13(17)4-5-14(12)18/h4-5,7,9-10,15,19H,3,6,8H2,1-2H3. The van der Waals surface area contributed by atoms with Crippen LogP contribution < -0.4 is 5.32 Å². The molecule has 2 rings (SSSR count). The van der Waals surface area contributed by atoms with Crippen molar-refractivity contribution >= 4 is 0 Å². The lowest BCUT2D eigenvalue weighted by atomic mass is 10.0. The van der Waals surface area contributed by atoms with Crippen molar-refractivity contribution in [2.45, 2.75) is 32.7 Å². The van der Waals surface area contributed by atoms with Gasteiger partial charge in [-0.05, 0) is 50.1 Å². The number of hydrogen-bond donors (Lipinski definition) is 1. The third-order valence-corrected chi connectivity index (χ3v) is 3.23. The third kappa shape index (κ3) is 4.29. The molecule has 0 amide bonds.